The maximum absolute atomic E-state index is 12.7. The van der Waals surface area contributed by atoms with Gasteiger partial charge in [0.2, 0.25) is 5.95 Å². The van der Waals surface area contributed by atoms with Gasteiger partial charge in [-0.25, -0.2) is 4.68 Å². The third kappa shape index (κ3) is 4.24. The molecule has 0 spiro atoms. The van der Waals surface area contributed by atoms with Crippen LogP contribution in [0, 0.1) is 10.1 Å². The minimum absolute atomic E-state index is 0.0701. The van der Waals surface area contributed by atoms with Crippen LogP contribution in [-0.2, 0) is 0 Å². The number of carbonyl (C=O) groups excluding carboxylic acids is 1. The van der Waals surface area contributed by atoms with Crippen LogP contribution < -0.4 is 10.6 Å². The number of fused-ring (bicyclic) bond motifs is 1. The molecular formula is C24H17ClN6O3. The number of non-ortho nitro benzene ring substituents is 1. The predicted octanol–water partition coefficient (Wildman–Crippen LogP) is 5.15. The highest BCUT2D eigenvalue weighted by atomic mass is 35.5. The molecule has 168 valence electrons. The zero-order valence-electron chi connectivity index (χ0n) is 17.6. The van der Waals surface area contributed by atoms with Gasteiger partial charge in [0, 0.05) is 28.4 Å². The summed E-state index contributed by atoms with van der Waals surface area (Å²) in [5, 5.41) is 22.0. The predicted molar refractivity (Wildman–Crippen MR) is 129 cm³/mol. The van der Waals surface area contributed by atoms with E-state index in [9.17, 15) is 14.9 Å². The van der Waals surface area contributed by atoms with Gasteiger partial charge in [0.25, 0.3) is 17.5 Å². The lowest BCUT2D eigenvalue weighted by Gasteiger charge is -2.24. The molecule has 10 heteroatoms. The number of nitrogens with one attached hydrogen (secondary N) is 2. The first-order valence-electron chi connectivity index (χ1n) is 10.3. The molecule has 9 nitrogen and oxygen atoms in total. The Morgan fingerprint density at radius 2 is 1.82 bits per heavy atom. The number of aromatic nitrogens is 3. The van der Waals surface area contributed by atoms with Gasteiger partial charge >= 0.3 is 0 Å². The van der Waals surface area contributed by atoms with E-state index in [-0.39, 0.29) is 23.2 Å². The van der Waals surface area contributed by atoms with Gasteiger partial charge in [0.05, 0.1) is 4.92 Å². The topological polar surface area (TPSA) is 115 Å². The molecule has 0 unspecified atom stereocenters. The van der Waals surface area contributed by atoms with E-state index in [2.05, 4.69) is 20.7 Å². The molecule has 5 rings (SSSR count). The quantitative estimate of drug-likeness (QED) is 0.306. The number of halogens is 1. The zero-order valence-corrected chi connectivity index (χ0v) is 18.3. The van der Waals surface area contributed by atoms with Crippen molar-refractivity contribution in [1.82, 2.24) is 14.8 Å². The number of carbonyl (C=O) groups is 1. The summed E-state index contributed by atoms with van der Waals surface area (Å²) >= 11 is 6.07. The van der Waals surface area contributed by atoms with Crippen LogP contribution in [0.2, 0.25) is 5.02 Å². The summed E-state index contributed by atoms with van der Waals surface area (Å²) in [5.74, 6) is -0.0396. The van der Waals surface area contributed by atoms with E-state index in [1.807, 2.05) is 48.5 Å². The summed E-state index contributed by atoms with van der Waals surface area (Å²) in [6, 6.07) is 22.4. The molecule has 0 radical (unpaired) electrons. The van der Waals surface area contributed by atoms with E-state index < -0.39 is 10.8 Å². The largest absolute Gasteiger partial charge is 0.324 e. The van der Waals surface area contributed by atoms with Gasteiger partial charge in [0.15, 0.2) is 0 Å². The monoisotopic (exact) mass is 472 g/mol. The first-order chi connectivity index (χ1) is 16.5. The molecule has 4 aromatic rings. The van der Waals surface area contributed by atoms with Gasteiger partial charge in [-0.05, 0) is 35.4 Å². The summed E-state index contributed by atoms with van der Waals surface area (Å²) in [7, 11) is 0. The van der Waals surface area contributed by atoms with Crippen LogP contribution in [-0.4, -0.2) is 25.6 Å². The highest BCUT2D eigenvalue weighted by molar-refractivity contribution is 6.30. The van der Waals surface area contributed by atoms with E-state index in [4.69, 9.17) is 11.6 Å². The van der Waals surface area contributed by atoms with Crippen molar-refractivity contribution in [3.63, 3.8) is 0 Å². The van der Waals surface area contributed by atoms with Crippen LogP contribution in [0.5, 0.6) is 0 Å². The van der Waals surface area contributed by atoms with Gasteiger partial charge in [-0.3, -0.25) is 20.2 Å². The normalized spacial score (nSPS) is 14.5. The van der Waals surface area contributed by atoms with Gasteiger partial charge in [-0.2, -0.15) is 4.98 Å². The molecule has 2 N–H and O–H groups in total. The number of allylic oxidation sites excluding steroid dienone is 1. The van der Waals surface area contributed by atoms with Crippen LogP contribution in [0.25, 0.3) is 5.70 Å². The molecular weight excluding hydrogens is 456 g/mol. The molecule has 0 saturated carbocycles. The van der Waals surface area contributed by atoms with E-state index >= 15 is 0 Å². The maximum Gasteiger partial charge on any atom is 0.270 e. The number of hydrogen-bond acceptors (Lipinski definition) is 6. The van der Waals surface area contributed by atoms with Crippen molar-refractivity contribution in [2.24, 2.45) is 0 Å². The van der Waals surface area contributed by atoms with Crippen LogP contribution in [0.15, 0.2) is 84.9 Å². The molecule has 2 heterocycles. The smallest absolute Gasteiger partial charge is 0.270 e. The summed E-state index contributed by atoms with van der Waals surface area (Å²) in [5.41, 5.74) is 2.70. The van der Waals surface area contributed by atoms with Crippen molar-refractivity contribution in [2.75, 3.05) is 10.6 Å². The Morgan fingerprint density at radius 3 is 2.56 bits per heavy atom. The lowest BCUT2D eigenvalue weighted by Crippen LogP contribution is -2.20. The van der Waals surface area contributed by atoms with Crippen molar-refractivity contribution >= 4 is 40.8 Å². The molecule has 1 atom stereocenters. The summed E-state index contributed by atoms with van der Waals surface area (Å²) in [4.78, 5) is 27.6. The van der Waals surface area contributed by atoms with Gasteiger partial charge < -0.3 is 5.32 Å². The van der Waals surface area contributed by atoms with E-state index in [1.165, 1.54) is 24.3 Å². The average Bonchev–Trinajstić information content (AvgIpc) is 3.27. The molecule has 1 aliphatic heterocycles. The Balaban J connectivity index is 1.49. The zero-order chi connectivity index (χ0) is 23.7. The first-order valence-corrected chi connectivity index (χ1v) is 10.7. The highest BCUT2D eigenvalue weighted by Crippen LogP contribution is 2.33. The minimum atomic E-state index is -0.554. The third-order valence-electron chi connectivity index (χ3n) is 5.31. The fourth-order valence-electron chi connectivity index (χ4n) is 3.66. The van der Waals surface area contributed by atoms with Gasteiger partial charge in [0.1, 0.15) is 6.04 Å². The summed E-state index contributed by atoms with van der Waals surface area (Å²) in [6.45, 7) is 0. The SMILES string of the molecule is O=C(Nc1nc2n(n1)[C@H](c1ccc(Cl)cc1)C=C(c1ccccc1)N2)c1cccc([N+](=O)[O-])c1. The molecule has 0 bridgehead atoms. The van der Waals surface area contributed by atoms with Gasteiger partial charge in [-0.15, -0.1) is 5.10 Å². The standard InChI is InChI=1S/C24H17ClN6O3/c25-18-11-9-16(10-12-18)21-14-20(15-5-2-1-3-6-15)26-24-28-23(29-30(21)24)27-22(32)17-7-4-8-19(13-17)31(33)34/h1-14,21H,(H2,26,27,28,29,32)/t21-/m0/s1. The Kier molecular flexibility index (Phi) is 5.52. The van der Waals surface area contributed by atoms with E-state index in [0.29, 0.717) is 11.0 Å². The van der Waals surface area contributed by atoms with Crippen molar-refractivity contribution < 1.29 is 9.72 Å². The molecule has 1 amide bonds. The minimum Gasteiger partial charge on any atom is -0.324 e. The second-order valence-corrected chi connectivity index (χ2v) is 7.97. The molecule has 3 aromatic carbocycles. The molecule has 1 aliphatic rings. The summed E-state index contributed by atoms with van der Waals surface area (Å²) < 4.78 is 1.67. The second kappa shape index (κ2) is 8.80. The number of hydrogen-bond donors (Lipinski definition) is 2. The Bertz CT molecular complexity index is 1420. The maximum atomic E-state index is 12.7. The van der Waals surface area contributed by atoms with Crippen LogP contribution >= 0.6 is 11.6 Å². The number of rotatable bonds is 5. The number of nitro groups is 1. The Morgan fingerprint density at radius 1 is 1.06 bits per heavy atom. The lowest BCUT2D eigenvalue weighted by molar-refractivity contribution is -0.384. The molecule has 0 aliphatic carbocycles. The van der Waals surface area contributed by atoms with Crippen molar-refractivity contribution in [3.05, 3.63) is 117 Å². The lowest BCUT2D eigenvalue weighted by atomic mass is 10.0. The molecule has 1 aromatic heterocycles. The van der Waals surface area contributed by atoms with Gasteiger partial charge in [-0.1, -0.05) is 60.1 Å². The average molecular weight is 473 g/mol. The fourth-order valence-corrected chi connectivity index (χ4v) is 3.79. The molecule has 0 fully saturated rings. The van der Waals surface area contributed by atoms with Crippen LogP contribution in [0.4, 0.5) is 17.6 Å². The Labute approximate surface area is 198 Å². The number of nitrogens with zero attached hydrogens (tertiary/aromatic N) is 4. The Hall–Kier alpha value is -4.50. The number of anilines is 2. The number of benzene rings is 3. The first kappa shape index (κ1) is 21.4. The molecule has 0 saturated heterocycles. The van der Waals surface area contributed by atoms with E-state index in [1.54, 1.807) is 16.8 Å². The van der Waals surface area contributed by atoms with Crippen molar-refractivity contribution in [3.8, 4) is 0 Å². The van der Waals surface area contributed by atoms with Crippen LogP contribution in [0.3, 0.4) is 0 Å². The fraction of sp³-hybridized carbons (Fsp3) is 0.0417. The van der Waals surface area contributed by atoms with Crippen molar-refractivity contribution in [1.29, 1.82) is 0 Å². The molecule has 34 heavy (non-hydrogen) atoms. The highest BCUT2D eigenvalue weighted by Gasteiger charge is 2.26. The third-order valence-corrected chi connectivity index (χ3v) is 5.56. The number of nitro benzene ring substituents is 1. The van der Waals surface area contributed by atoms with Crippen LogP contribution in [0.1, 0.15) is 27.5 Å². The van der Waals surface area contributed by atoms with Crippen molar-refractivity contribution in [2.45, 2.75) is 6.04 Å². The van der Waals surface area contributed by atoms with E-state index in [0.717, 1.165) is 16.8 Å². The summed E-state index contributed by atoms with van der Waals surface area (Å²) in [6.07, 6.45) is 2.02. The number of amides is 1. The second-order valence-electron chi connectivity index (χ2n) is 7.53.